The predicted octanol–water partition coefficient (Wildman–Crippen LogP) is 2.69. The third-order valence-corrected chi connectivity index (χ3v) is 4.27. The van der Waals surface area contributed by atoms with Crippen molar-refractivity contribution in [1.82, 2.24) is 5.32 Å². The first kappa shape index (κ1) is 15.5. The zero-order chi connectivity index (χ0) is 15.2. The first-order valence-corrected chi connectivity index (χ1v) is 7.63. The van der Waals surface area contributed by atoms with Crippen LogP contribution in [0, 0.1) is 12.8 Å². The second kappa shape index (κ2) is 7.25. The molecule has 1 aromatic rings. The summed E-state index contributed by atoms with van der Waals surface area (Å²) >= 11 is 0. The predicted molar refractivity (Wildman–Crippen MR) is 81.0 cm³/mol. The maximum absolute atomic E-state index is 12.0. The Kier molecular flexibility index (Phi) is 5.37. The summed E-state index contributed by atoms with van der Waals surface area (Å²) in [6.45, 7) is 2.05. The summed E-state index contributed by atoms with van der Waals surface area (Å²) in [5.41, 5.74) is 2.40. The lowest BCUT2D eigenvalue weighted by molar-refractivity contribution is -0.143. The summed E-state index contributed by atoms with van der Waals surface area (Å²) < 4.78 is 0. The number of carbonyl (C=O) groups excluding carboxylic acids is 1. The minimum Gasteiger partial charge on any atom is -0.481 e. The van der Waals surface area contributed by atoms with E-state index in [9.17, 15) is 9.59 Å². The normalized spacial score (nSPS) is 21.8. The highest BCUT2D eigenvalue weighted by atomic mass is 16.4. The number of rotatable bonds is 5. The molecule has 0 heterocycles. The number of benzene rings is 1. The van der Waals surface area contributed by atoms with Gasteiger partial charge >= 0.3 is 5.97 Å². The zero-order valence-electron chi connectivity index (χ0n) is 12.5. The number of nitrogens with one attached hydrogen (secondary N) is 1. The summed E-state index contributed by atoms with van der Waals surface area (Å²) in [6.07, 6.45) is 4.24. The Balaban J connectivity index is 1.79. The van der Waals surface area contributed by atoms with Crippen LogP contribution in [0.25, 0.3) is 0 Å². The SMILES string of the molecule is Cc1ccccc1CCC(=O)NC1CCCC(C(=O)O)C1. The molecule has 4 heteroatoms. The molecule has 1 aliphatic carbocycles. The molecule has 0 radical (unpaired) electrons. The van der Waals surface area contributed by atoms with Crippen LogP contribution in [0.3, 0.4) is 0 Å². The molecule has 2 N–H and O–H groups in total. The first-order chi connectivity index (χ1) is 10.1. The first-order valence-electron chi connectivity index (χ1n) is 7.63. The van der Waals surface area contributed by atoms with Gasteiger partial charge in [-0.2, -0.15) is 0 Å². The van der Waals surface area contributed by atoms with Gasteiger partial charge in [0.25, 0.3) is 0 Å². The fraction of sp³-hybridized carbons (Fsp3) is 0.529. The topological polar surface area (TPSA) is 66.4 Å². The quantitative estimate of drug-likeness (QED) is 0.876. The van der Waals surface area contributed by atoms with Crippen molar-refractivity contribution in [1.29, 1.82) is 0 Å². The van der Waals surface area contributed by atoms with E-state index in [-0.39, 0.29) is 17.9 Å². The molecule has 0 saturated heterocycles. The van der Waals surface area contributed by atoms with Crippen LogP contribution in [-0.4, -0.2) is 23.0 Å². The summed E-state index contributed by atoms with van der Waals surface area (Å²) in [7, 11) is 0. The van der Waals surface area contributed by atoms with Crippen molar-refractivity contribution in [2.75, 3.05) is 0 Å². The lowest BCUT2D eigenvalue weighted by Crippen LogP contribution is -2.40. The Morgan fingerprint density at radius 1 is 1.29 bits per heavy atom. The Morgan fingerprint density at radius 2 is 2.05 bits per heavy atom. The summed E-state index contributed by atoms with van der Waals surface area (Å²) in [5, 5.41) is 12.1. The number of amides is 1. The van der Waals surface area contributed by atoms with Crippen molar-refractivity contribution in [3.05, 3.63) is 35.4 Å². The molecular weight excluding hydrogens is 266 g/mol. The fourth-order valence-corrected chi connectivity index (χ4v) is 2.98. The Morgan fingerprint density at radius 3 is 2.76 bits per heavy atom. The van der Waals surface area contributed by atoms with Crippen LogP contribution >= 0.6 is 0 Å². The molecule has 1 saturated carbocycles. The van der Waals surface area contributed by atoms with Gasteiger partial charge in [-0.3, -0.25) is 9.59 Å². The van der Waals surface area contributed by atoms with E-state index >= 15 is 0 Å². The van der Waals surface area contributed by atoms with Gasteiger partial charge in [0.2, 0.25) is 5.91 Å². The van der Waals surface area contributed by atoms with E-state index in [2.05, 4.69) is 5.32 Å². The monoisotopic (exact) mass is 289 g/mol. The summed E-state index contributed by atoms with van der Waals surface area (Å²) in [4.78, 5) is 23.0. The lowest BCUT2D eigenvalue weighted by Gasteiger charge is -2.27. The smallest absolute Gasteiger partial charge is 0.306 e. The van der Waals surface area contributed by atoms with Gasteiger partial charge in [-0.15, -0.1) is 0 Å². The number of carboxylic acid groups (broad SMARTS) is 1. The molecule has 1 aromatic carbocycles. The van der Waals surface area contributed by atoms with Crippen molar-refractivity contribution < 1.29 is 14.7 Å². The molecule has 0 spiro atoms. The van der Waals surface area contributed by atoms with Crippen molar-refractivity contribution in [3.8, 4) is 0 Å². The summed E-state index contributed by atoms with van der Waals surface area (Å²) in [5.74, 6) is -1.02. The average Bonchev–Trinajstić information content (AvgIpc) is 2.46. The van der Waals surface area contributed by atoms with Gasteiger partial charge in [0.15, 0.2) is 0 Å². The fourth-order valence-electron chi connectivity index (χ4n) is 2.98. The highest BCUT2D eigenvalue weighted by molar-refractivity contribution is 5.77. The molecule has 21 heavy (non-hydrogen) atoms. The number of carboxylic acids is 1. The van der Waals surface area contributed by atoms with E-state index in [0.29, 0.717) is 12.8 Å². The van der Waals surface area contributed by atoms with Gasteiger partial charge in [0.05, 0.1) is 5.92 Å². The van der Waals surface area contributed by atoms with Gasteiger partial charge in [0, 0.05) is 12.5 Å². The van der Waals surface area contributed by atoms with Crippen molar-refractivity contribution in [2.24, 2.45) is 5.92 Å². The molecule has 1 fully saturated rings. The van der Waals surface area contributed by atoms with E-state index in [4.69, 9.17) is 5.11 Å². The molecule has 1 aliphatic rings. The minimum atomic E-state index is -0.742. The molecule has 4 nitrogen and oxygen atoms in total. The van der Waals surface area contributed by atoms with Gasteiger partial charge in [0.1, 0.15) is 0 Å². The average molecular weight is 289 g/mol. The molecule has 2 atom stereocenters. The molecule has 114 valence electrons. The molecular formula is C17H23NO3. The van der Waals surface area contributed by atoms with Crippen LogP contribution < -0.4 is 5.32 Å². The van der Waals surface area contributed by atoms with Crippen LogP contribution in [0.2, 0.25) is 0 Å². The number of aryl methyl sites for hydroxylation is 2. The third-order valence-electron chi connectivity index (χ3n) is 4.27. The van der Waals surface area contributed by atoms with Crippen molar-refractivity contribution >= 4 is 11.9 Å². The molecule has 1 amide bonds. The standard InChI is InChI=1S/C17H23NO3/c1-12-5-2-3-6-13(12)9-10-16(19)18-15-8-4-7-14(11-15)17(20)21/h2-3,5-6,14-15H,4,7-11H2,1H3,(H,18,19)(H,20,21). The van der Waals surface area contributed by atoms with E-state index in [0.717, 1.165) is 25.7 Å². The second-order valence-corrected chi connectivity index (χ2v) is 5.89. The third kappa shape index (κ3) is 4.59. The highest BCUT2D eigenvalue weighted by Gasteiger charge is 2.27. The Hall–Kier alpha value is -1.84. The maximum atomic E-state index is 12.0. The number of hydrogen-bond donors (Lipinski definition) is 2. The second-order valence-electron chi connectivity index (χ2n) is 5.89. The highest BCUT2D eigenvalue weighted by Crippen LogP contribution is 2.24. The van der Waals surface area contributed by atoms with Gasteiger partial charge in [-0.1, -0.05) is 30.7 Å². The van der Waals surface area contributed by atoms with Crippen LogP contribution in [0.1, 0.15) is 43.2 Å². The molecule has 0 aromatic heterocycles. The van der Waals surface area contributed by atoms with Crippen molar-refractivity contribution in [2.45, 2.75) is 51.5 Å². The van der Waals surface area contributed by atoms with Crippen LogP contribution in [0.5, 0.6) is 0 Å². The van der Waals surface area contributed by atoms with E-state index < -0.39 is 5.97 Å². The van der Waals surface area contributed by atoms with Crippen LogP contribution in [-0.2, 0) is 16.0 Å². The maximum Gasteiger partial charge on any atom is 0.306 e. The zero-order valence-corrected chi connectivity index (χ0v) is 12.5. The molecule has 2 unspecified atom stereocenters. The molecule has 0 bridgehead atoms. The minimum absolute atomic E-state index is 0.0178. The van der Waals surface area contributed by atoms with Gasteiger partial charge in [-0.05, 0) is 43.7 Å². The lowest BCUT2D eigenvalue weighted by atomic mass is 9.85. The van der Waals surface area contributed by atoms with E-state index in [1.54, 1.807) is 0 Å². The molecule has 0 aliphatic heterocycles. The largest absolute Gasteiger partial charge is 0.481 e. The number of hydrogen-bond acceptors (Lipinski definition) is 2. The van der Waals surface area contributed by atoms with E-state index in [1.807, 2.05) is 31.2 Å². The van der Waals surface area contributed by atoms with Crippen molar-refractivity contribution in [3.63, 3.8) is 0 Å². The molecule has 2 rings (SSSR count). The van der Waals surface area contributed by atoms with Crippen LogP contribution in [0.4, 0.5) is 0 Å². The van der Waals surface area contributed by atoms with E-state index in [1.165, 1.54) is 11.1 Å². The number of carbonyl (C=O) groups is 2. The Labute approximate surface area is 125 Å². The van der Waals surface area contributed by atoms with Gasteiger partial charge in [-0.25, -0.2) is 0 Å². The Bertz CT molecular complexity index is 513. The van der Waals surface area contributed by atoms with Crippen LogP contribution in [0.15, 0.2) is 24.3 Å². The summed E-state index contributed by atoms with van der Waals surface area (Å²) in [6, 6.07) is 8.09. The number of aliphatic carboxylic acids is 1. The van der Waals surface area contributed by atoms with Gasteiger partial charge < -0.3 is 10.4 Å².